The monoisotopic (exact) mass is 457 g/mol. The quantitative estimate of drug-likeness (QED) is 0.431. The molecular weight excluding hydrogens is 432 g/mol. The molecule has 1 unspecified atom stereocenters. The lowest BCUT2D eigenvalue weighted by molar-refractivity contribution is 0.249. The third-order valence-corrected chi connectivity index (χ3v) is 4.95. The molecule has 2 aliphatic rings. The standard InChI is InChI=1S/C18H24FN5.HI/c1-21-18(22-12-15-5-4-14(11-20)10-17(15)19)24-9-6-16(13-24)23-7-2-3-8-23;/h4-5,10,16H,2-3,6-9,12-13H2,1H3,(H,21,22);1H. The molecule has 1 N–H and O–H groups in total. The van der Waals surface area contributed by atoms with Gasteiger partial charge in [0.15, 0.2) is 5.96 Å². The topological polar surface area (TPSA) is 54.7 Å². The predicted octanol–water partition coefficient (Wildman–Crippen LogP) is 2.56. The van der Waals surface area contributed by atoms with Crippen molar-refractivity contribution in [2.24, 2.45) is 4.99 Å². The lowest BCUT2D eigenvalue weighted by Crippen LogP contribution is -2.42. The summed E-state index contributed by atoms with van der Waals surface area (Å²) in [4.78, 5) is 9.18. The fraction of sp³-hybridized carbons (Fsp3) is 0.556. The molecule has 2 aliphatic heterocycles. The van der Waals surface area contributed by atoms with E-state index < -0.39 is 0 Å². The second-order valence-electron chi connectivity index (χ2n) is 6.45. The van der Waals surface area contributed by atoms with Crippen LogP contribution in [0.3, 0.4) is 0 Å². The Morgan fingerprint density at radius 2 is 2.12 bits per heavy atom. The number of hydrogen-bond acceptors (Lipinski definition) is 3. The van der Waals surface area contributed by atoms with E-state index in [2.05, 4.69) is 20.1 Å². The molecule has 3 rings (SSSR count). The van der Waals surface area contributed by atoms with E-state index in [0.717, 1.165) is 25.5 Å². The van der Waals surface area contributed by atoms with Crippen LogP contribution in [0, 0.1) is 17.1 Å². The van der Waals surface area contributed by atoms with Crippen LogP contribution in [-0.4, -0.2) is 55.0 Å². The fourth-order valence-corrected chi connectivity index (χ4v) is 3.61. The van der Waals surface area contributed by atoms with Crippen molar-refractivity contribution in [1.29, 1.82) is 5.26 Å². The molecule has 0 saturated carbocycles. The minimum absolute atomic E-state index is 0. The van der Waals surface area contributed by atoms with E-state index in [1.807, 2.05) is 6.07 Å². The van der Waals surface area contributed by atoms with Crippen LogP contribution in [0.15, 0.2) is 23.2 Å². The van der Waals surface area contributed by atoms with Crippen molar-refractivity contribution < 1.29 is 4.39 Å². The molecule has 0 amide bonds. The van der Waals surface area contributed by atoms with Crippen LogP contribution in [0.1, 0.15) is 30.4 Å². The smallest absolute Gasteiger partial charge is 0.193 e. The van der Waals surface area contributed by atoms with Gasteiger partial charge in [0.05, 0.1) is 11.6 Å². The van der Waals surface area contributed by atoms with Gasteiger partial charge in [-0.25, -0.2) is 4.39 Å². The summed E-state index contributed by atoms with van der Waals surface area (Å²) in [5.74, 6) is 0.467. The largest absolute Gasteiger partial charge is 0.352 e. The summed E-state index contributed by atoms with van der Waals surface area (Å²) in [7, 11) is 1.76. The average Bonchev–Trinajstić information content (AvgIpc) is 3.27. The summed E-state index contributed by atoms with van der Waals surface area (Å²) < 4.78 is 14.0. The predicted molar refractivity (Wildman–Crippen MR) is 108 cm³/mol. The maximum Gasteiger partial charge on any atom is 0.193 e. The molecule has 2 fully saturated rings. The van der Waals surface area contributed by atoms with Crippen molar-refractivity contribution in [1.82, 2.24) is 15.1 Å². The summed E-state index contributed by atoms with van der Waals surface area (Å²) >= 11 is 0. The zero-order chi connectivity index (χ0) is 16.9. The fourth-order valence-electron chi connectivity index (χ4n) is 3.61. The average molecular weight is 457 g/mol. The van der Waals surface area contributed by atoms with Crippen LogP contribution >= 0.6 is 24.0 Å². The van der Waals surface area contributed by atoms with Crippen LogP contribution in [0.4, 0.5) is 4.39 Å². The number of benzene rings is 1. The molecule has 0 aliphatic carbocycles. The van der Waals surface area contributed by atoms with Crippen molar-refractivity contribution in [2.75, 3.05) is 33.2 Å². The first-order chi connectivity index (χ1) is 11.7. The molecule has 5 nitrogen and oxygen atoms in total. The van der Waals surface area contributed by atoms with E-state index >= 15 is 0 Å². The SMILES string of the molecule is CN=C(NCc1ccc(C#N)cc1F)N1CCC(N2CCCC2)C1.I. The number of hydrogen-bond donors (Lipinski definition) is 1. The normalized spacial score (nSPS) is 21.1. The zero-order valence-corrected chi connectivity index (χ0v) is 16.9. The molecule has 0 aromatic heterocycles. The molecular formula is C18H25FIN5. The van der Waals surface area contributed by atoms with Crippen LogP contribution in [-0.2, 0) is 6.54 Å². The molecule has 2 saturated heterocycles. The van der Waals surface area contributed by atoms with Gasteiger partial charge in [-0.05, 0) is 44.5 Å². The molecule has 7 heteroatoms. The Labute approximate surface area is 165 Å². The van der Waals surface area contributed by atoms with E-state index in [9.17, 15) is 4.39 Å². The first kappa shape index (κ1) is 19.9. The van der Waals surface area contributed by atoms with Crippen LogP contribution in [0.25, 0.3) is 0 Å². The molecule has 0 radical (unpaired) electrons. The van der Waals surface area contributed by atoms with Gasteiger partial charge in [0.1, 0.15) is 5.82 Å². The number of nitriles is 1. The number of likely N-dealkylation sites (tertiary alicyclic amines) is 2. The van der Waals surface area contributed by atoms with Gasteiger partial charge in [0.25, 0.3) is 0 Å². The number of halogens is 2. The number of aliphatic imine (C=N–C) groups is 1. The van der Waals surface area contributed by atoms with Gasteiger partial charge in [-0.1, -0.05) is 6.07 Å². The van der Waals surface area contributed by atoms with Crippen LogP contribution in [0.2, 0.25) is 0 Å². The van der Waals surface area contributed by atoms with E-state index in [4.69, 9.17) is 5.26 Å². The van der Waals surface area contributed by atoms with Gasteiger partial charge in [-0.2, -0.15) is 5.26 Å². The lowest BCUT2D eigenvalue weighted by atomic mass is 10.1. The molecule has 0 spiro atoms. The van der Waals surface area contributed by atoms with E-state index in [1.54, 1.807) is 19.2 Å². The van der Waals surface area contributed by atoms with Gasteiger partial charge in [0, 0.05) is 38.3 Å². The molecule has 1 aromatic carbocycles. The summed E-state index contributed by atoms with van der Waals surface area (Å²) in [6.07, 6.45) is 3.77. The molecule has 136 valence electrons. The lowest BCUT2D eigenvalue weighted by Gasteiger charge is -2.25. The van der Waals surface area contributed by atoms with Crippen LogP contribution in [0.5, 0.6) is 0 Å². The number of nitrogens with one attached hydrogen (secondary N) is 1. The molecule has 2 heterocycles. The minimum atomic E-state index is -0.353. The Kier molecular flexibility index (Phi) is 7.44. The van der Waals surface area contributed by atoms with Gasteiger partial charge in [-0.3, -0.25) is 9.89 Å². The second kappa shape index (κ2) is 9.34. The van der Waals surface area contributed by atoms with Gasteiger partial charge in [-0.15, -0.1) is 24.0 Å². The highest BCUT2D eigenvalue weighted by atomic mass is 127. The summed E-state index contributed by atoms with van der Waals surface area (Å²) in [5.41, 5.74) is 0.888. The molecule has 1 aromatic rings. The van der Waals surface area contributed by atoms with E-state index in [-0.39, 0.29) is 29.8 Å². The highest BCUT2D eigenvalue weighted by molar-refractivity contribution is 14.0. The summed E-state index contributed by atoms with van der Waals surface area (Å²) in [6.45, 7) is 4.75. The summed E-state index contributed by atoms with van der Waals surface area (Å²) in [6, 6.07) is 7.14. The Bertz CT molecular complexity index is 651. The zero-order valence-electron chi connectivity index (χ0n) is 14.5. The van der Waals surface area contributed by atoms with Crippen molar-refractivity contribution in [3.05, 3.63) is 35.1 Å². The van der Waals surface area contributed by atoms with Gasteiger partial charge in [0.2, 0.25) is 0 Å². The molecule has 0 bridgehead atoms. The van der Waals surface area contributed by atoms with Gasteiger partial charge >= 0.3 is 0 Å². The Morgan fingerprint density at radius 1 is 1.36 bits per heavy atom. The van der Waals surface area contributed by atoms with Crippen molar-refractivity contribution in [2.45, 2.75) is 31.8 Å². The maximum atomic E-state index is 14.0. The second-order valence-corrected chi connectivity index (χ2v) is 6.45. The number of rotatable bonds is 3. The molecule has 1 atom stereocenters. The number of nitrogens with zero attached hydrogens (tertiary/aromatic N) is 4. The highest BCUT2D eigenvalue weighted by Gasteiger charge is 2.30. The number of guanidine groups is 1. The highest BCUT2D eigenvalue weighted by Crippen LogP contribution is 2.20. The van der Waals surface area contributed by atoms with Crippen molar-refractivity contribution in [3.63, 3.8) is 0 Å². The Balaban J connectivity index is 0.00000225. The Hall–Kier alpha value is -1.40. The van der Waals surface area contributed by atoms with Crippen molar-refractivity contribution in [3.8, 4) is 6.07 Å². The van der Waals surface area contributed by atoms with E-state index in [0.29, 0.717) is 23.7 Å². The third-order valence-electron chi connectivity index (χ3n) is 4.95. The minimum Gasteiger partial charge on any atom is -0.352 e. The molecule has 25 heavy (non-hydrogen) atoms. The third kappa shape index (κ3) is 4.82. The Morgan fingerprint density at radius 3 is 2.76 bits per heavy atom. The van der Waals surface area contributed by atoms with Crippen LogP contribution < -0.4 is 5.32 Å². The first-order valence-electron chi connectivity index (χ1n) is 8.59. The van der Waals surface area contributed by atoms with E-state index in [1.165, 1.54) is 32.0 Å². The van der Waals surface area contributed by atoms with Crippen molar-refractivity contribution >= 4 is 29.9 Å². The van der Waals surface area contributed by atoms with Gasteiger partial charge < -0.3 is 10.2 Å². The first-order valence-corrected chi connectivity index (χ1v) is 8.59. The maximum absolute atomic E-state index is 14.0. The summed E-state index contributed by atoms with van der Waals surface area (Å²) in [5, 5.41) is 12.1.